The van der Waals surface area contributed by atoms with E-state index in [-0.39, 0.29) is 15.2 Å². The number of thiocarbonyl (C=S) groups is 1. The molecule has 2 amide bonds. The van der Waals surface area contributed by atoms with Gasteiger partial charge in [-0.1, -0.05) is 46.4 Å². The van der Waals surface area contributed by atoms with Crippen molar-refractivity contribution < 1.29 is 19.5 Å². The summed E-state index contributed by atoms with van der Waals surface area (Å²) in [5.41, 5.74) is -0.327. The molecular weight excluding hydrogens is 558 g/mol. The predicted octanol–water partition coefficient (Wildman–Crippen LogP) is 6.30. The first-order valence-corrected chi connectivity index (χ1v) is 12.1. The first-order valence-electron chi connectivity index (χ1n) is 10.2. The van der Waals surface area contributed by atoms with E-state index < -0.39 is 29.7 Å². The smallest absolute Gasteiger partial charge is 0.347 e. The summed E-state index contributed by atoms with van der Waals surface area (Å²) in [6, 6.07) is 7.55. The van der Waals surface area contributed by atoms with Crippen LogP contribution >= 0.6 is 58.6 Å². The summed E-state index contributed by atoms with van der Waals surface area (Å²) >= 11 is 30.0. The van der Waals surface area contributed by atoms with Crippen LogP contribution in [0.15, 0.2) is 36.4 Å². The van der Waals surface area contributed by atoms with Crippen molar-refractivity contribution >= 4 is 87.1 Å². The first kappa shape index (κ1) is 27.6. The van der Waals surface area contributed by atoms with Gasteiger partial charge in [-0.25, -0.2) is 9.59 Å². The number of halogens is 4. The molecule has 188 valence electrons. The molecule has 2 atom stereocenters. The number of nitrogens with one attached hydrogen (secondary N) is 1. The minimum atomic E-state index is -1.10. The molecule has 0 unspecified atom stereocenters. The van der Waals surface area contributed by atoms with E-state index >= 15 is 0 Å². The molecule has 0 bridgehead atoms. The average Bonchev–Trinajstić information content (AvgIpc) is 3.01. The fourth-order valence-corrected chi connectivity index (χ4v) is 5.20. The molecule has 2 aromatic rings. The van der Waals surface area contributed by atoms with Gasteiger partial charge in [-0.15, -0.1) is 0 Å². The van der Waals surface area contributed by atoms with Crippen molar-refractivity contribution in [1.29, 1.82) is 0 Å². The lowest BCUT2D eigenvalue weighted by Crippen LogP contribution is -2.59. The molecule has 1 heterocycles. The van der Waals surface area contributed by atoms with Gasteiger partial charge >= 0.3 is 12.0 Å². The number of hydroxylamine groups is 2. The van der Waals surface area contributed by atoms with Gasteiger partial charge in [0.2, 0.25) is 0 Å². The Balaban J connectivity index is 2.06. The average molecular weight is 580 g/mol. The minimum absolute atomic E-state index is 0.165. The van der Waals surface area contributed by atoms with Crippen molar-refractivity contribution in [3.63, 3.8) is 0 Å². The van der Waals surface area contributed by atoms with Crippen LogP contribution in [0.5, 0.6) is 0 Å². The molecule has 1 saturated heterocycles. The molecule has 1 aliphatic heterocycles. The van der Waals surface area contributed by atoms with Gasteiger partial charge in [-0.05, 0) is 69.4 Å². The highest BCUT2D eigenvalue weighted by molar-refractivity contribution is 7.80. The van der Waals surface area contributed by atoms with Gasteiger partial charge < -0.3 is 15.0 Å². The van der Waals surface area contributed by atoms with Crippen molar-refractivity contribution in [3.8, 4) is 0 Å². The maximum atomic E-state index is 13.1. The maximum absolute atomic E-state index is 13.1. The summed E-state index contributed by atoms with van der Waals surface area (Å²) in [6.07, 6.45) is -1.10. The first-order chi connectivity index (χ1) is 16.3. The van der Waals surface area contributed by atoms with E-state index in [1.54, 1.807) is 43.9 Å². The topological polar surface area (TPSA) is 85.3 Å². The quantitative estimate of drug-likeness (QED) is 0.186. The summed E-state index contributed by atoms with van der Waals surface area (Å²) in [5, 5.41) is 15.5. The summed E-state index contributed by atoms with van der Waals surface area (Å²) in [4.78, 5) is 28.7. The number of urea groups is 1. The van der Waals surface area contributed by atoms with Gasteiger partial charge in [-0.2, -0.15) is 5.06 Å². The molecule has 0 aliphatic carbocycles. The number of ether oxygens (including phenoxy) is 1. The van der Waals surface area contributed by atoms with E-state index in [9.17, 15) is 14.8 Å². The summed E-state index contributed by atoms with van der Waals surface area (Å²) < 4.78 is 4.91. The number of esters is 1. The van der Waals surface area contributed by atoms with Crippen molar-refractivity contribution in [3.05, 3.63) is 56.5 Å². The molecule has 2 N–H and O–H groups in total. The van der Waals surface area contributed by atoms with Crippen molar-refractivity contribution in [1.82, 2.24) is 9.96 Å². The summed E-state index contributed by atoms with van der Waals surface area (Å²) in [6.45, 7) is 5.08. The molecule has 0 radical (unpaired) electrons. The molecule has 13 heteroatoms. The second kappa shape index (κ2) is 10.5. The van der Waals surface area contributed by atoms with E-state index in [0.29, 0.717) is 26.5 Å². The van der Waals surface area contributed by atoms with Crippen LogP contribution in [-0.4, -0.2) is 57.1 Å². The lowest BCUT2D eigenvalue weighted by molar-refractivity contribution is -0.148. The van der Waals surface area contributed by atoms with Crippen LogP contribution < -0.4 is 10.2 Å². The fraction of sp³-hybridized carbons (Fsp3) is 0.318. The minimum Gasteiger partial charge on any atom is -0.467 e. The molecule has 0 spiro atoms. The molecule has 2 aromatic carbocycles. The Morgan fingerprint density at radius 2 is 1.66 bits per heavy atom. The number of anilines is 2. The van der Waals surface area contributed by atoms with Crippen LogP contribution in [-0.2, 0) is 9.53 Å². The number of hydrogen-bond acceptors (Lipinski definition) is 5. The van der Waals surface area contributed by atoms with Crippen LogP contribution in [0.4, 0.5) is 16.2 Å². The second-order valence-electron chi connectivity index (χ2n) is 8.25. The second-order valence-corrected chi connectivity index (χ2v) is 10.2. The lowest BCUT2D eigenvalue weighted by atomic mass is 9.98. The van der Waals surface area contributed by atoms with E-state index in [1.807, 2.05) is 0 Å². The highest BCUT2D eigenvalue weighted by Gasteiger charge is 2.56. The SMILES string of the molecule is COC(=O)[C@H](C)N1C(=S)N(c2ccc(Cl)c(Cl)c2)[C@@H](N(O)C(=O)Nc2ccc(Cl)c(Cl)c2)C1(C)C. The molecule has 0 saturated carbocycles. The molecule has 1 fully saturated rings. The van der Waals surface area contributed by atoms with E-state index in [4.69, 9.17) is 63.4 Å². The maximum Gasteiger partial charge on any atom is 0.347 e. The van der Waals surface area contributed by atoms with Gasteiger partial charge in [0.15, 0.2) is 11.3 Å². The van der Waals surface area contributed by atoms with Gasteiger partial charge in [0.05, 0.1) is 32.7 Å². The highest BCUT2D eigenvalue weighted by atomic mass is 35.5. The number of rotatable bonds is 5. The van der Waals surface area contributed by atoms with Gasteiger partial charge in [0, 0.05) is 11.4 Å². The van der Waals surface area contributed by atoms with Crippen molar-refractivity contribution in [2.75, 3.05) is 17.3 Å². The molecule has 3 rings (SSSR count). The van der Waals surface area contributed by atoms with Crippen LogP contribution in [0.2, 0.25) is 20.1 Å². The summed E-state index contributed by atoms with van der Waals surface area (Å²) in [5.74, 6) is -0.542. The Kier molecular flexibility index (Phi) is 8.30. The fourth-order valence-electron chi connectivity index (χ4n) is 4.01. The molecule has 35 heavy (non-hydrogen) atoms. The van der Waals surface area contributed by atoms with Crippen molar-refractivity contribution in [2.24, 2.45) is 0 Å². The van der Waals surface area contributed by atoms with Gasteiger partial charge in [-0.3, -0.25) is 10.1 Å². The van der Waals surface area contributed by atoms with Crippen LogP contribution in [0.1, 0.15) is 20.8 Å². The molecule has 1 aliphatic rings. The van der Waals surface area contributed by atoms with Crippen molar-refractivity contribution in [2.45, 2.75) is 38.5 Å². The number of carbonyl (C=O) groups is 2. The normalized spacial score (nSPS) is 17.9. The van der Waals surface area contributed by atoms with Crippen LogP contribution in [0.25, 0.3) is 0 Å². The Morgan fingerprint density at radius 1 is 1.09 bits per heavy atom. The van der Waals surface area contributed by atoms with E-state index in [1.165, 1.54) is 30.2 Å². The molecular formula is C22H22Cl4N4O4S. The third-order valence-corrected chi connectivity index (χ3v) is 7.50. The Morgan fingerprint density at radius 3 is 2.20 bits per heavy atom. The zero-order valence-electron chi connectivity index (χ0n) is 19.1. The third kappa shape index (κ3) is 5.26. The number of amides is 2. The highest BCUT2D eigenvalue weighted by Crippen LogP contribution is 2.41. The van der Waals surface area contributed by atoms with Crippen LogP contribution in [0.3, 0.4) is 0 Å². The van der Waals surface area contributed by atoms with Gasteiger partial charge in [0.1, 0.15) is 6.04 Å². The third-order valence-electron chi connectivity index (χ3n) is 5.63. The zero-order chi connectivity index (χ0) is 26.2. The Hall–Kier alpha value is -2.01. The predicted molar refractivity (Wildman–Crippen MR) is 142 cm³/mol. The monoisotopic (exact) mass is 578 g/mol. The summed E-state index contributed by atoms with van der Waals surface area (Å²) in [7, 11) is 1.27. The number of carbonyl (C=O) groups excluding carboxylic acids is 2. The van der Waals surface area contributed by atoms with Crippen LogP contribution in [0, 0.1) is 0 Å². The number of nitrogens with zero attached hydrogens (tertiary/aromatic N) is 3. The van der Waals surface area contributed by atoms with E-state index in [0.717, 1.165) is 0 Å². The molecule has 8 nitrogen and oxygen atoms in total. The van der Waals surface area contributed by atoms with Gasteiger partial charge in [0.25, 0.3) is 0 Å². The Labute approximate surface area is 228 Å². The number of benzene rings is 2. The number of methoxy groups -OCH3 is 1. The zero-order valence-corrected chi connectivity index (χ0v) is 22.9. The standard InChI is InChI=1S/C22H22Cl4N4O4S/c1-11(18(31)34-4)29-21(35)28(13-6-8-15(24)17(26)10-13)19(22(29,2)3)30(33)20(32)27-12-5-7-14(23)16(25)9-12/h5-11,19,33H,1-4H3,(H,27,32)/t11-,19-/m0/s1. The largest absolute Gasteiger partial charge is 0.467 e. The Bertz CT molecular complexity index is 1180. The lowest BCUT2D eigenvalue weighted by Gasteiger charge is -2.40. The molecule has 0 aromatic heterocycles. The number of hydrogen-bond donors (Lipinski definition) is 2. The van der Waals surface area contributed by atoms with E-state index in [2.05, 4.69) is 5.32 Å².